The highest BCUT2D eigenvalue weighted by Crippen LogP contribution is 2.30. The second kappa shape index (κ2) is 4.46. The molecule has 0 atom stereocenters. The van der Waals surface area contributed by atoms with Crippen LogP contribution in [0.15, 0.2) is 66.8 Å². The standard InChI is InChI=1S/C18H11N3/c19-11-18-16(13-6-2-1-3-7-13)10-17-15-9-5-4-8-14(15)12-20-21(17)18/h1-10,12H/i10D. The number of hydrogen-bond donors (Lipinski definition) is 0. The average Bonchev–Trinajstić information content (AvgIpc) is 2.88. The van der Waals surface area contributed by atoms with Gasteiger partial charge in [0.1, 0.15) is 6.07 Å². The lowest BCUT2D eigenvalue weighted by Crippen LogP contribution is -1.94. The van der Waals surface area contributed by atoms with Gasteiger partial charge < -0.3 is 0 Å². The Morgan fingerprint density at radius 3 is 2.62 bits per heavy atom. The van der Waals surface area contributed by atoms with E-state index in [9.17, 15) is 5.26 Å². The Balaban J connectivity index is 2.22. The minimum Gasteiger partial charge on any atom is -0.222 e. The molecule has 2 heterocycles. The van der Waals surface area contributed by atoms with Crippen LogP contribution in [0.3, 0.4) is 0 Å². The van der Waals surface area contributed by atoms with Crippen molar-refractivity contribution in [2.75, 3.05) is 0 Å². The molecule has 0 radical (unpaired) electrons. The molecule has 3 nitrogen and oxygen atoms in total. The molecule has 0 unspecified atom stereocenters. The molecule has 0 N–H and O–H groups in total. The van der Waals surface area contributed by atoms with E-state index in [-0.39, 0.29) is 0 Å². The van der Waals surface area contributed by atoms with Gasteiger partial charge in [-0.2, -0.15) is 10.4 Å². The van der Waals surface area contributed by atoms with Gasteiger partial charge in [-0.15, -0.1) is 0 Å². The molecule has 4 rings (SSSR count). The molecule has 2 aromatic heterocycles. The van der Waals surface area contributed by atoms with E-state index in [4.69, 9.17) is 1.37 Å². The Labute approximate surface area is 123 Å². The maximum atomic E-state index is 9.57. The molecule has 0 saturated heterocycles. The minimum absolute atomic E-state index is 0.340. The predicted molar refractivity (Wildman–Crippen MR) is 82.8 cm³/mol. The van der Waals surface area contributed by atoms with Gasteiger partial charge in [0.2, 0.25) is 0 Å². The second-order valence-corrected chi connectivity index (χ2v) is 4.82. The summed E-state index contributed by atoms with van der Waals surface area (Å²) in [7, 11) is 0. The Bertz CT molecular complexity index is 1040. The molecule has 0 spiro atoms. The summed E-state index contributed by atoms with van der Waals surface area (Å²) in [4.78, 5) is 0. The average molecular weight is 270 g/mol. The van der Waals surface area contributed by atoms with Gasteiger partial charge in [0, 0.05) is 16.3 Å². The molecule has 0 aliphatic heterocycles. The smallest absolute Gasteiger partial charge is 0.150 e. The van der Waals surface area contributed by atoms with E-state index in [2.05, 4.69) is 11.2 Å². The fourth-order valence-corrected chi connectivity index (χ4v) is 2.61. The Morgan fingerprint density at radius 1 is 1.05 bits per heavy atom. The first-order valence-corrected chi connectivity index (χ1v) is 6.66. The van der Waals surface area contributed by atoms with Gasteiger partial charge in [-0.1, -0.05) is 54.6 Å². The number of benzene rings is 2. The van der Waals surface area contributed by atoms with Crippen molar-refractivity contribution >= 4 is 16.3 Å². The van der Waals surface area contributed by atoms with Gasteiger partial charge in [0.15, 0.2) is 5.69 Å². The normalized spacial score (nSPS) is 11.5. The molecular formula is C18H11N3. The minimum atomic E-state index is 0.340. The summed E-state index contributed by atoms with van der Waals surface area (Å²) in [6.45, 7) is 0. The Kier molecular flexibility index (Phi) is 2.26. The number of hydrogen-bond acceptors (Lipinski definition) is 2. The summed E-state index contributed by atoms with van der Waals surface area (Å²) in [5, 5.41) is 15.8. The Morgan fingerprint density at radius 2 is 1.81 bits per heavy atom. The van der Waals surface area contributed by atoms with Crippen LogP contribution in [-0.2, 0) is 0 Å². The van der Waals surface area contributed by atoms with E-state index in [0.29, 0.717) is 22.8 Å². The molecule has 0 aliphatic carbocycles. The van der Waals surface area contributed by atoms with Crippen molar-refractivity contribution in [2.24, 2.45) is 0 Å². The van der Waals surface area contributed by atoms with E-state index in [0.717, 1.165) is 16.3 Å². The first-order chi connectivity index (χ1) is 10.8. The van der Waals surface area contributed by atoms with Gasteiger partial charge in [-0.25, -0.2) is 4.52 Å². The third kappa shape index (κ3) is 1.70. The number of nitriles is 1. The molecule has 0 bridgehead atoms. The lowest BCUT2D eigenvalue weighted by Gasteiger charge is -2.00. The molecular weight excluding hydrogens is 258 g/mol. The van der Waals surface area contributed by atoms with Gasteiger partial charge in [0.25, 0.3) is 0 Å². The molecule has 98 valence electrons. The van der Waals surface area contributed by atoms with Crippen LogP contribution in [0, 0.1) is 11.3 Å². The molecule has 0 aliphatic rings. The predicted octanol–water partition coefficient (Wildman–Crippen LogP) is 4.03. The second-order valence-electron chi connectivity index (χ2n) is 4.82. The topological polar surface area (TPSA) is 41.1 Å². The molecule has 0 fully saturated rings. The van der Waals surface area contributed by atoms with Crippen LogP contribution in [0.5, 0.6) is 0 Å². The third-order valence-electron chi connectivity index (χ3n) is 3.60. The first-order valence-electron chi connectivity index (χ1n) is 7.16. The van der Waals surface area contributed by atoms with E-state index in [1.807, 2.05) is 54.6 Å². The van der Waals surface area contributed by atoms with Crippen molar-refractivity contribution in [3.05, 3.63) is 72.5 Å². The van der Waals surface area contributed by atoms with Crippen molar-refractivity contribution in [3.63, 3.8) is 0 Å². The van der Waals surface area contributed by atoms with Crippen molar-refractivity contribution in [1.29, 1.82) is 5.26 Å². The van der Waals surface area contributed by atoms with Crippen molar-refractivity contribution in [2.45, 2.75) is 0 Å². The SMILES string of the molecule is [2H]c1c(-c2ccccc2)c(C#N)n2ncc3ccccc3c12. The Hall–Kier alpha value is -3.12. The molecule has 21 heavy (non-hydrogen) atoms. The van der Waals surface area contributed by atoms with Crippen molar-refractivity contribution in [1.82, 2.24) is 9.61 Å². The summed E-state index contributed by atoms with van der Waals surface area (Å²) in [5.41, 5.74) is 2.57. The zero-order chi connectivity index (χ0) is 15.1. The van der Waals surface area contributed by atoms with E-state index in [1.165, 1.54) is 0 Å². The lowest BCUT2D eigenvalue weighted by molar-refractivity contribution is 0.936. The zero-order valence-corrected chi connectivity index (χ0v) is 11.1. The number of fused-ring (bicyclic) bond motifs is 3. The fourth-order valence-electron chi connectivity index (χ4n) is 2.61. The van der Waals surface area contributed by atoms with Gasteiger partial charge >= 0.3 is 0 Å². The first kappa shape index (κ1) is 10.6. The summed E-state index contributed by atoms with van der Waals surface area (Å²) < 4.78 is 10.1. The molecule has 3 heteroatoms. The van der Waals surface area contributed by atoms with E-state index < -0.39 is 0 Å². The monoisotopic (exact) mass is 270 g/mol. The van der Waals surface area contributed by atoms with Crippen LogP contribution < -0.4 is 0 Å². The number of rotatable bonds is 1. The quantitative estimate of drug-likeness (QED) is 0.524. The number of nitrogens with zero attached hydrogens (tertiary/aromatic N) is 3. The van der Waals surface area contributed by atoms with Gasteiger partial charge in [0.05, 0.1) is 13.1 Å². The maximum Gasteiger partial charge on any atom is 0.150 e. The van der Waals surface area contributed by atoms with Gasteiger partial charge in [-0.3, -0.25) is 0 Å². The largest absolute Gasteiger partial charge is 0.222 e. The van der Waals surface area contributed by atoms with Crippen LogP contribution in [-0.4, -0.2) is 9.61 Å². The number of aromatic nitrogens is 2. The van der Waals surface area contributed by atoms with Gasteiger partial charge in [-0.05, 0) is 11.6 Å². The van der Waals surface area contributed by atoms with E-state index in [1.54, 1.807) is 10.7 Å². The van der Waals surface area contributed by atoms with Crippen LogP contribution in [0.4, 0.5) is 0 Å². The third-order valence-corrected chi connectivity index (χ3v) is 3.60. The van der Waals surface area contributed by atoms with Crippen molar-refractivity contribution < 1.29 is 1.37 Å². The van der Waals surface area contributed by atoms with Crippen LogP contribution >= 0.6 is 0 Å². The molecule has 2 aromatic carbocycles. The fraction of sp³-hybridized carbons (Fsp3) is 0. The summed E-state index contributed by atoms with van der Waals surface area (Å²) >= 11 is 0. The summed E-state index contributed by atoms with van der Waals surface area (Å²) in [5.74, 6) is 0. The summed E-state index contributed by atoms with van der Waals surface area (Å²) in [6, 6.07) is 19.9. The zero-order valence-electron chi connectivity index (χ0n) is 12.1. The van der Waals surface area contributed by atoms with Crippen molar-refractivity contribution in [3.8, 4) is 17.2 Å². The maximum absolute atomic E-state index is 9.57. The van der Waals surface area contributed by atoms with Crippen LogP contribution in [0.1, 0.15) is 7.06 Å². The highest BCUT2D eigenvalue weighted by molar-refractivity contribution is 5.97. The van der Waals surface area contributed by atoms with Crippen LogP contribution in [0.25, 0.3) is 27.4 Å². The molecule has 0 saturated carbocycles. The van der Waals surface area contributed by atoms with Crippen LogP contribution in [0.2, 0.25) is 0 Å². The van der Waals surface area contributed by atoms with E-state index >= 15 is 0 Å². The highest BCUT2D eigenvalue weighted by atomic mass is 15.2. The lowest BCUT2D eigenvalue weighted by atomic mass is 10.1. The summed E-state index contributed by atoms with van der Waals surface area (Å²) in [6.07, 6.45) is 1.73. The highest BCUT2D eigenvalue weighted by Gasteiger charge is 2.14. The molecule has 4 aromatic rings. The molecule has 0 amide bonds.